The summed E-state index contributed by atoms with van der Waals surface area (Å²) in [6, 6.07) is 6.68. The van der Waals surface area contributed by atoms with Crippen LogP contribution in [0.4, 0.5) is 10.5 Å². The molecule has 1 aromatic carbocycles. The van der Waals surface area contributed by atoms with Crippen LogP contribution in [-0.4, -0.2) is 39.3 Å². The van der Waals surface area contributed by atoms with Crippen LogP contribution in [0.2, 0.25) is 0 Å². The first-order valence-corrected chi connectivity index (χ1v) is 6.30. The molecule has 2 rings (SSSR count). The van der Waals surface area contributed by atoms with E-state index in [9.17, 15) is 14.7 Å². The van der Waals surface area contributed by atoms with Crippen LogP contribution in [0.25, 0.3) is 10.9 Å². The van der Waals surface area contributed by atoms with Gasteiger partial charge in [0, 0.05) is 17.3 Å². The maximum Gasteiger partial charge on any atom is 0.328 e. The predicted octanol–water partition coefficient (Wildman–Crippen LogP) is 1.19. The third-order valence-corrected chi connectivity index (χ3v) is 2.90. The number of urea groups is 1. The molecule has 0 saturated carbocycles. The summed E-state index contributed by atoms with van der Waals surface area (Å²) in [7, 11) is 0. The van der Waals surface area contributed by atoms with Crippen molar-refractivity contribution < 1.29 is 19.8 Å². The van der Waals surface area contributed by atoms with E-state index in [1.807, 2.05) is 6.07 Å². The number of benzene rings is 1. The van der Waals surface area contributed by atoms with E-state index in [0.29, 0.717) is 5.69 Å². The third kappa shape index (κ3) is 3.67. The zero-order chi connectivity index (χ0) is 15.4. The monoisotopic (exact) mass is 289 g/mol. The Morgan fingerprint density at radius 2 is 2.05 bits per heavy atom. The van der Waals surface area contributed by atoms with Gasteiger partial charge < -0.3 is 20.8 Å². The molecule has 7 nitrogen and oxygen atoms in total. The van der Waals surface area contributed by atoms with Gasteiger partial charge in [0.05, 0.1) is 11.6 Å². The molecule has 0 unspecified atom stereocenters. The van der Waals surface area contributed by atoms with Crippen molar-refractivity contribution >= 4 is 28.6 Å². The van der Waals surface area contributed by atoms with Crippen LogP contribution < -0.4 is 10.6 Å². The highest BCUT2D eigenvalue weighted by atomic mass is 16.4. The largest absolute Gasteiger partial charge is 0.480 e. The minimum Gasteiger partial charge on any atom is -0.480 e. The molecule has 2 amide bonds. The lowest BCUT2D eigenvalue weighted by Gasteiger charge is -2.17. The molecule has 0 aliphatic heterocycles. The number of nitrogens with one attached hydrogen (secondary N) is 2. The molecule has 7 heteroatoms. The molecule has 0 radical (unpaired) electrons. The molecule has 4 N–H and O–H groups in total. The number of aromatic nitrogens is 1. The number of rotatable bonds is 4. The maximum absolute atomic E-state index is 11.8. The third-order valence-electron chi connectivity index (χ3n) is 2.90. The van der Waals surface area contributed by atoms with Gasteiger partial charge in [-0.1, -0.05) is 6.07 Å². The fraction of sp³-hybridized carbons (Fsp3) is 0.214. The van der Waals surface area contributed by atoms with E-state index < -0.39 is 24.1 Å². The molecule has 0 aliphatic rings. The van der Waals surface area contributed by atoms with Gasteiger partial charge >= 0.3 is 12.0 Å². The van der Waals surface area contributed by atoms with Gasteiger partial charge in [0.25, 0.3) is 0 Å². The Kier molecular flexibility index (Phi) is 4.34. The number of anilines is 1. The van der Waals surface area contributed by atoms with Gasteiger partial charge in [0.15, 0.2) is 6.04 Å². The molecule has 21 heavy (non-hydrogen) atoms. The van der Waals surface area contributed by atoms with E-state index >= 15 is 0 Å². The summed E-state index contributed by atoms with van der Waals surface area (Å²) in [5.74, 6) is -1.30. The number of carbonyl (C=O) groups excluding carboxylic acids is 1. The molecule has 2 atom stereocenters. The zero-order valence-corrected chi connectivity index (χ0v) is 11.3. The highest BCUT2D eigenvalue weighted by Gasteiger charge is 2.24. The van der Waals surface area contributed by atoms with E-state index in [-0.39, 0.29) is 0 Å². The van der Waals surface area contributed by atoms with Crippen LogP contribution in [0.3, 0.4) is 0 Å². The number of aliphatic carboxylic acids is 1. The average molecular weight is 289 g/mol. The fourth-order valence-electron chi connectivity index (χ4n) is 1.85. The van der Waals surface area contributed by atoms with Gasteiger partial charge in [-0.2, -0.15) is 0 Å². The molecule has 0 bridgehead atoms. The Bertz CT molecular complexity index is 672. The summed E-state index contributed by atoms with van der Waals surface area (Å²) < 4.78 is 0. The van der Waals surface area contributed by atoms with Crippen LogP contribution in [0.1, 0.15) is 6.92 Å². The van der Waals surface area contributed by atoms with Crippen molar-refractivity contribution in [3.63, 3.8) is 0 Å². The molecule has 1 aromatic heterocycles. The Morgan fingerprint density at radius 1 is 1.29 bits per heavy atom. The lowest BCUT2D eigenvalue weighted by atomic mass is 10.2. The van der Waals surface area contributed by atoms with Crippen molar-refractivity contribution in [1.29, 1.82) is 0 Å². The second-order valence-electron chi connectivity index (χ2n) is 4.57. The Morgan fingerprint density at radius 3 is 2.71 bits per heavy atom. The molecule has 0 saturated heterocycles. The number of pyridine rings is 1. The smallest absolute Gasteiger partial charge is 0.328 e. The van der Waals surface area contributed by atoms with Gasteiger partial charge in [-0.3, -0.25) is 4.98 Å². The zero-order valence-electron chi connectivity index (χ0n) is 11.3. The van der Waals surface area contributed by atoms with Crippen molar-refractivity contribution in [3.05, 3.63) is 36.5 Å². The standard InChI is InChI=1S/C14H15N3O4/c1-8(18)12(13(19)20)17-14(21)16-10-4-5-11-9(7-10)3-2-6-15-11/h2-8,12,18H,1H3,(H,19,20)(H2,16,17,21)/t8-,12+/m1/s1. The van der Waals surface area contributed by atoms with Crippen LogP contribution in [0.5, 0.6) is 0 Å². The van der Waals surface area contributed by atoms with Crippen LogP contribution in [-0.2, 0) is 4.79 Å². The van der Waals surface area contributed by atoms with Crippen molar-refractivity contribution in [2.45, 2.75) is 19.1 Å². The number of carboxylic acid groups (broad SMARTS) is 1. The summed E-state index contributed by atoms with van der Waals surface area (Å²) in [4.78, 5) is 26.8. The number of carboxylic acids is 1. The SMILES string of the molecule is C[C@@H](O)[C@H](NC(=O)Nc1ccc2ncccc2c1)C(=O)O. The normalized spacial score (nSPS) is 13.4. The number of aliphatic hydroxyl groups is 1. The number of hydrogen-bond donors (Lipinski definition) is 4. The molecule has 1 heterocycles. The van der Waals surface area contributed by atoms with Gasteiger partial charge in [-0.15, -0.1) is 0 Å². The summed E-state index contributed by atoms with van der Waals surface area (Å²) in [6.07, 6.45) is 0.469. The van der Waals surface area contributed by atoms with E-state index in [4.69, 9.17) is 5.11 Å². The lowest BCUT2D eigenvalue weighted by Crippen LogP contribution is -2.49. The van der Waals surface area contributed by atoms with E-state index in [1.165, 1.54) is 6.92 Å². The number of carbonyl (C=O) groups is 2. The molecular formula is C14H15N3O4. The van der Waals surface area contributed by atoms with Gasteiger partial charge in [-0.25, -0.2) is 9.59 Å². The number of fused-ring (bicyclic) bond motifs is 1. The second kappa shape index (κ2) is 6.19. The number of nitrogens with zero attached hydrogens (tertiary/aromatic N) is 1. The minimum atomic E-state index is -1.37. The van der Waals surface area contributed by atoms with E-state index in [2.05, 4.69) is 15.6 Å². The summed E-state index contributed by atoms with van der Waals surface area (Å²) >= 11 is 0. The van der Waals surface area contributed by atoms with Crippen molar-refractivity contribution in [3.8, 4) is 0 Å². The highest BCUT2D eigenvalue weighted by molar-refractivity contribution is 5.94. The maximum atomic E-state index is 11.8. The first-order chi connectivity index (χ1) is 9.97. The van der Waals surface area contributed by atoms with Crippen molar-refractivity contribution in [2.75, 3.05) is 5.32 Å². The van der Waals surface area contributed by atoms with Gasteiger partial charge in [0.2, 0.25) is 0 Å². The van der Waals surface area contributed by atoms with E-state index in [1.54, 1.807) is 30.5 Å². The molecule has 2 aromatic rings. The van der Waals surface area contributed by atoms with Crippen LogP contribution in [0.15, 0.2) is 36.5 Å². The van der Waals surface area contributed by atoms with E-state index in [0.717, 1.165) is 10.9 Å². The van der Waals surface area contributed by atoms with Gasteiger partial charge in [-0.05, 0) is 31.2 Å². The number of aliphatic hydroxyl groups excluding tert-OH is 1. The minimum absolute atomic E-state index is 0.503. The average Bonchev–Trinajstić information content (AvgIpc) is 2.44. The predicted molar refractivity (Wildman–Crippen MR) is 77.0 cm³/mol. The number of hydrogen-bond acceptors (Lipinski definition) is 4. The molecule has 0 spiro atoms. The highest BCUT2D eigenvalue weighted by Crippen LogP contribution is 2.16. The quantitative estimate of drug-likeness (QED) is 0.675. The second-order valence-corrected chi connectivity index (χ2v) is 4.57. The molecular weight excluding hydrogens is 274 g/mol. The summed E-state index contributed by atoms with van der Waals surface area (Å²) in [5, 5.41) is 23.8. The van der Waals surface area contributed by atoms with Crippen molar-refractivity contribution in [1.82, 2.24) is 10.3 Å². The fourth-order valence-corrected chi connectivity index (χ4v) is 1.85. The van der Waals surface area contributed by atoms with Crippen molar-refractivity contribution in [2.24, 2.45) is 0 Å². The first-order valence-electron chi connectivity index (χ1n) is 6.30. The Hall–Kier alpha value is -2.67. The van der Waals surface area contributed by atoms with Gasteiger partial charge in [0.1, 0.15) is 0 Å². The lowest BCUT2D eigenvalue weighted by molar-refractivity contribution is -0.141. The summed E-state index contributed by atoms with van der Waals surface area (Å²) in [6.45, 7) is 1.29. The Labute approximate surface area is 120 Å². The molecule has 0 aliphatic carbocycles. The topological polar surface area (TPSA) is 112 Å². The van der Waals surface area contributed by atoms with Crippen LogP contribution in [0, 0.1) is 0 Å². The molecule has 0 fully saturated rings. The summed E-state index contributed by atoms with van der Waals surface area (Å²) in [5.41, 5.74) is 1.29. The first kappa shape index (κ1) is 14.7. The Balaban J connectivity index is 2.08. The number of amides is 2. The molecule has 110 valence electrons. The van der Waals surface area contributed by atoms with Crippen LogP contribution >= 0.6 is 0 Å².